The van der Waals surface area contributed by atoms with Crippen LogP contribution in [-0.4, -0.2) is 24.1 Å². The number of hydrogen-bond donors (Lipinski definition) is 1. The number of nitrogens with one attached hydrogen (secondary N) is 1. The van der Waals surface area contributed by atoms with E-state index in [1.165, 1.54) is 0 Å². The highest BCUT2D eigenvalue weighted by molar-refractivity contribution is 5.29. The molecule has 0 aromatic carbocycles. The Hall–Kier alpha value is -1.29. The second kappa shape index (κ2) is 7.12. The summed E-state index contributed by atoms with van der Waals surface area (Å²) in [5, 5.41) is 3.30. The van der Waals surface area contributed by atoms with Crippen LogP contribution in [-0.2, 0) is 6.54 Å². The van der Waals surface area contributed by atoms with Gasteiger partial charge in [-0.15, -0.1) is 6.58 Å². The highest BCUT2D eigenvalue weighted by atomic mass is 16.4. The van der Waals surface area contributed by atoms with Crippen molar-refractivity contribution in [1.29, 1.82) is 0 Å². The lowest BCUT2D eigenvalue weighted by Gasteiger charge is -2.22. The highest BCUT2D eigenvalue weighted by Crippen LogP contribution is 2.16. The van der Waals surface area contributed by atoms with Gasteiger partial charge >= 0.3 is 0 Å². The molecule has 0 aliphatic rings. The first-order chi connectivity index (χ1) is 8.19. The minimum atomic E-state index is 0.350. The molecular weight excluding hydrogens is 214 g/mol. The molecule has 17 heavy (non-hydrogen) atoms. The van der Waals surface area contributed by atoms with E-state index in [0.717, 1.165) is 31.7 Å². The zero-order valence-electron chi connectivity index (χ0n) is 11.1. The highest BCUT2D eigenvalue weighted by Gasteiger charge is 2.14. The van der Waals surface area contributed by atoms with E-state index in [1.54, 1.807) is 6.26 Å². The molecule has 1 aromatic rings. The zero-order valence-corrected chi connectivity index (χ0v) is 11.1. The molecule has 0 saturated carbocycles. The average Bonchev–Trinajstić information content (AvgIpc) is 2.74. The fraction of sp³-hybridized carbons (Fsp3) is 0.615. The van der Waals surface area contributed by atoms with Crippen LogP contribution in [0.3, 0.4) is 0 Å². The molecule has 1 aromatic heterocycles. The summed E-state index contributed by atoms with van der Waals surface area (Å²) in [4.78, 5) is 6.55. The lowest BCUT2D eigenvalue weighted by molar-refractivity contribution is 0.520. The van der Waals surface area contributed by atoms with Gasteiger partial charge in [-0.05, 0) is 26.8 Å². The largest absolute Gasteiger partial charge is 0.432 e. The standard InChI is InChI=1S/C13H23N3O/c1-5-7-14-9-12-10-17-13(15-12)16(8-6-2)11(3)4/h6,10-11,14H,2,5,7-9H2,1,3-4H3. The first-order valence-electron chi connectivity index (χ1n) is 6.21. The molecule has 0 spiro atoms. The van der Waals surface area contributed by atoms with Gasteiger partial charge in [0.25, 0.3) is 6.01 Å². The fourth-order valence-corrected chi connectivity index (χ4v) is 1.55. The molecular formula is C13H23N3O. The van der Waals surface area contributed by atoms with Gasteiger partial charge in [0.15, 0.2) is 0 Å². The number of rotatable bonds is 8. The maximum atomic E-state index is 5.50. The number of oxazole rings is 1. The Morgan fingerprint density at radius 1 is 1.59 bits per heavy atom. The number of hydrogen-bond acceptors (Lipinski definition) is 4. The van der Waals surface area contributed by atoms with Gasteiger partial charge in [-0.25, -0.2) is 0 Å². The molecule has 4 nitrogen and oxygen atoms in total. The first-order valence-corrected chi connectivity index (χ1v) is 6.21. The molecule has 0 fully saturated rings. The van der Waals surface area contributed by atoms with Crippen molar-refractivity contribution in [1.82, 2.24) is 10.3 Å². The van der Waals surface area contributed by atoms with Crippen molar-refractivity contribution in [3.05, 3.63) is 24.6 Å². The second-order valence-electron chi connectivity index (χ2n) is 4.33. The Balaban J connectivity index is 2.61. The van der Waals surface area contributed by atoms with Crippen molar-refractivity contribution < 1.29 is 4.42 Å². The van der Waals surface area contributed by atoms with Crippen molar-refractivity contribution in [3.63, 3.8) is 0 Å². The molecule has 0 saturated heterocycles. The Morgan fingerprint density at radius 3 is 2.94 bits per heavy atom. The van der Waals surface area contributed by atoms with E-state index in [2.05, 4.69) is 42.6 Å². The van der Waals surface area contributed by atoms with Gasteiger partial charge in [-0.2, -0.15) is 4.98 Å². The van der Waals surface area contributed by atoms with Crippen LogP contribution >= 0.6 is 0 Å². The Labute approximate surface area is 104 Å². The van der Waals surface area contributed by atoms with Gasteiger partial charge in [-0.3, -0.25) is 0 Å². The number of nitrogens with zero attached hydrogens (tertiary/aromatic N) is 2. The third-order valence-electron chi connectivity index (χ3n) is 2.47. The normalized spacial score (nSPS) is 10.8. The van der Waals surface area contributed by atoms with Crippen molar-refractivity contribution in [2.45, 2.75) is 39.8 Å². The number of anilines is 1. The first kappa shape index (κ1) is 13.8. The SMILES string of the molecule is C=CCN(c1nc(CNCCC)co1)C(C)C. The third kappa shape index (κ3) is 4.23. The molecule has 0 unspecified atom stereocenters. The second-order valence-corrected chi connectivity index (χ2v) is 4.33. The molecule has 0 bridgehead atoms. The summed E-state index contributed by atoms with van der Waals surface area (Å²) in [6.45, 7) is 12.6. The van der Waals surface area contributed by atoms with E-state index in [1.807, 2.05) is 6.08 Å². The molecule has 0 aliphatic carbocycles. The van der Waals surface area contributed by atoms with E-state index < -0.39 is 0 Å². The molecule has 0 atom stereocenters. The maximum absolute atomic E-state index is 5.50. The predicted molar refractivity (Wildman–Crippen MR) is 71.2 cm³/mol. The summed E-state index contributed by atoms with van der Waals surface area (Å²) in [6, 6.07) is 1.02. The minimum Gasteiger partial charge on any atom is -0.432 e. The summed E-state index contributed by atoms with van der Waals surface area (Å²) in [5.41, 5.74) is 0.947. The van der Waals surface area contributed by atoms with E-state index >= 15 is 0 Å². The van der Waals surface area contributed by atoms with Crippen LogP contribution in [0.25, 0.3) is 0 Å². The molecule has 1 N–H and O–H groups in total. The summed E-state index contributed by atoms with van der Waals surface area (Å²) in [5.74, 6) is 0. The Bertz CT molecular complexity index is 333. The Kier molecular flexibility index (Phi) is 5.77. The zero-order chi connectivity index (χ0) is 12.7. The molecule has 1 heterocycles. The van der Waals surface area contributed by atoms with E-state index in [4.69, 9.17) is 4.42 Å². The van der Waals surface area contributed by atoms with Crippen molar-refractivity contribution >= 4 is 6.01 Å². The summed E-state index contributed by atoms with van der Waals surface area (Å²) < 4.78 is 5.50. The molecule has 4 heteroatoms. The molecule has 0 aliphatic heterocycles. The van der Waals surface area contributed by atoms with Gasteiger partial charge in [0.2, 0.25) is 0 Å². The van der Waals surface area contributed by atoms with Gasteiger partial charge in [-0.1, -0.05) is 13.0 Å². The number of aromatic nitrogens is 1. The summed E-state index contributed by atoms with van der Waals surface area (Å²) in [7, 11) is 0. The van der Waals surface area contributed by atoms with E-state index in [0.29, 0.717) is 12.1 Å². The quantitative estimate of drug-likeness (QED) is 0.557. The van der Waals surface area contributed by atoms with Crippen LogP contribution in [0.15, 0.2) is 23.3 Å². The smallest absolute Gasteiger partial charge is 0.297 e. The van der Waals surface area contributed by atoms with Crippen LogP contribution in [0.4, 0.5) is 6.01 Å². The molecule has 0 amide bonds. The molecule has 96 valence electrons. The van der Waals surface area contributed by atoms with Gasteiger partial charge < -0.3 is 14.6 Å². The van der Waals surface area contributed by atoms with E-state index in [9.17, 15) is 0 Å². The van der Waals surface area contributed by atoms with Gasteiger partial charge in [0.1, 0.15) is 6.26 Å². The lowest BCUT2D eigenvalue weighted by atomic mass is 10.3. The summed E-state index contributed by atoms with van der Waals surface area (Å²) in [6.07, 6.45) is 4.70. The van der Waals surface area contributed by atoms with E-state index in [-0.39, 0.29) is 0 Å². The van der Waals surface area contributed by atoms with Gasteiger partial charge in [0.05, 0.1) is 5.69 Å². The predicted octanol–water partition coefficient (Wildman–Crippen LogP) is 2.58. The monoisotopic (exact) mass is 237 g/mol. The van der Waals surface area contributed by atoms with Crippen molar-refractivity contribution in [2.24, 2.45) is 0 Å². The van der Waals surface area contributed by atoms with Gasteiger partial charge in [0, 0.05) is 19.1 Å². The van der Waals surface area contributed by atoms with Crippen LogP contribution in [0.2, 0.25) is 0 Å². The van der Waals surface area contributed by atoms with Crippen molar-refractivity contribution in [2.75, 3.05) is 18.0 Å². The van der Waals surface area contributed by atoms with Crippen LogP contribution in [0.5, 0.6) is 0 Å². The average molecular weight is 237 g/mol. The minimum absolute atomic E-state index is 0.350. The van der Waals surface area contributed by atoms with Crippen LogP contribution in [0, 0.1) is 0 Å². The third-order valence-corrected chi connectivity index (χ3v) is 2.47. The van der Waals surface area contributed by atoms with Crippen molar-refractivity contribution in [3.8, 4) is 0 Å². The topological polar surface area (TPSA) is 41.3 Å². The summed E-state index contributed by atoms with van der Waals surface area (Å²) >= 11 is 0. The lowest BCUT2D eigenvalue weighted by Crippen LogP contribution is -2.31. The fourth-order valence-electron chi connectivity index (χ4n) is 1.55. The molecule has 0 radical (unpaired) electrons. The van der Waals surface area contributed by atoms with Crippen LogP contribution in [0.1, 0.15) is 32.9 Å². The molecule has 1 rings (SSSR count). The Morgan fingerprint density at radius 2 is 2.35 bits per heavy atom. The van der Waals surface area contributed by atoms with Crippen LogP contribution < -0.4 is 10.2 Å². The maximum Gasteiger partial charge on any atom is 0.297 e.